The van der Waals surface area contributed by atoms with Crippen molar-refractivity contribution in [2.75, 3.05) is 13.1 Å². The molecule has 7 nitrogen and oxygen atoms in total. The molecule has 2 aromatic rings. The van der Waals surface area contributed by atoms with Gasteiger partial charge in [0.1, 0.15) is 6.17 Å². The number of hydrogen-bond donors (Lipinski definition) is 3. The number of likely N-dealkylation sites (tertiary alicyclic amines) is 1. The summed E-state index contributed by atoms with van der Waals surface area (Å²) in [6, 6.07) is 14.7. The highest BCUT2D eigenvalue weighted by molar-refractivity contribution is 6.11. The number of rotatable bonds is 4. The van der Waals surface area contributed by atoms with Gasteiger partial charge in [-0.25, -0.2) is 10.4 Å². The van der Waals surface area contributed by atoms with Gasteiger partial charge in [-0.1, -0.05) is 24.3 Å². The van der Waals surface area contributed by atoms with Crippen LogP contribution < -0.4 is 16.9 Å². The molecule has 7 heteroatoms. The molecule has 1 aromatic heterocycles. The minimum absolute atomic E-state index is 0.301. The predicted octanol–water partition coefficient (Wildman–Crippen LogP) is 1.51. The largest absolute Gasteiger partial charge is 0.326 e. The van der Waals surface area contributed by atoms with E-state index in [1.54, 1.807) is 6.20 Å². The topological polar surface area (TPSA) is 95.8 Å². The molecule has 29 heavy (non-hydrogen) atoms. The number of allylic oxidation sites excluding steroid dienone is 1. The van der Waals surface area contributed by atoms with Crippen LogP contribution in [0.2, 0.25) is 0 Å². The van der Waals surface area contributed by atoms with Crippen molar-refractivity contribution in [1.29, 1.82) is 0 Å². The monoisotopic (exact) mass is 387 g/mol. The maximum absolute atomic E-state index is 6.31. The number of nitrogens with zero attached hydrogens (tertiary/aromatic N) is 4. The number of nitrogens with one attached hydrogen (secondary N) is 1. The van der Waals surface area contributed by atoms with Crippen molar-refractivity contribution in [1.82, 2.24) is 20.3 Å². The van der Waals surface area contributed by atoms with Crippen LogP contribution in [0.15, 0.2) is 65.7 Å². The van der Waals surface area contributed by atoms with Crippen molar-refractivity contribution in [3.05, 3.63) is 77.5 Å². The molecule has 0 aliphatic carbocycles. The van der Waals surface area contributed by atoms with Crippen LogP contribution >= 0.6 is 0 Å². The molecule has 5 rings (SSSR count). The zero-order valence-corrected chi connectivity index (χ0v) is 16.2. The van der Waals surface area contributed by atoms with Gasteiger partial charge in [0, 0.05) is 49.9 Å². The summed E-state index contributed by atoms with van der Waals surface area (Å²) in [4.78, 5) is 11.5. The zero-order chi connectivity index (χ0) is 19.8. The van der Waals surface area contributed by atoms with E-state index in [0.717, 1.165) is 54.3 Å². The lowest BCUT2D eigenvalue weighted by Gasteiger charge is -2.21. The van der Waals surface area contributed by atoms with Gasteiger partial charge in [-0.3, -0.25) is 14.9 Å². The second kappa shape index (κ2) is 7.53. The number of hydrogen-bond acceptors (Lipinski definition) is 7. The Kier molecular flexibility index (Phi) is 4.73. The molecule has 4 heterocycles. The summed E-state index contributed by atoms with van der Waals surface area (Å²) in [5, 5.41) is 1.90. The number of nitrogens with two attached hydrogens (primary N) is 2. The van der Waals surface area contributed by atoms with Crippen LogP contribution in [0.4, 0.5) is 0 Å². The highest BCUT2D eigenvalue weighted by Crippen LogP contribution is 2.31. The summed E-state index contributed by atoms with van der Waals surface area (Å²) in [5.41, 5.74) is 20.8. The summed E-state index contributed by atoms with van der Waals surface area (Å²) in [6.07, 6.45) is 6.44. The second-order valence-corrected chi connectivity index (χ2v) is 7.76. The molecule has 0 spiro atoms. The van der Waals surface area contributed by atoms with Crippen molar-refractivity contribution < 1.29 is 0 Å². The van der Waals surface area contributed by atoms with Gasteiger partial charge in [-0.2, -0.15) is 0 Å². The molecule has 0 radical (unpaired) electrons. The van der Waals surface area contributed by atoms with Crippen molar-refractivity contribution in [3.8, 4) is 0 Å². The Morgan fingerprint density at radius 2 is 2.07 bits per heavy atom. The summed E-state index contributed by atoms with van der Waals surface area (Å²) in [6.45, 7) is 2.96. The first-order chi connectivity index (χ1) is 14.2. The van der Waals surface area contributed by atoms with E-state index in [0.29, 0.717) is 6.04 Å². The molecule has 1 aromatic carbocycles. The molecular formula is C22H25N7. The number of fused-ring (bicyclic) bond motifs is 1. The van der Waals surface area contributed by atoms with Crippen LogP contribution in [0.1, 0.15) is 23.2 Å². The average Bonchev–Trinajstić information content (AvgIpc) is 3.29. The number of aromatic nitrogens is 1. The normalized spacial score (nSPS) is 24.2. The third kappa shape index (κ3) is 3.61. The quantitative estimate of drug-likeness (QED) is 0.736. The van der Waals surface area contributed by atoms with E-state index in [1.807, 2.05) is 35.6 Å². The fraction of sp³-hybridized carbons (Fsp3) is 0.273. The van der Waals surface area contributed by atoms with Crippen molar-refractivity contribution in [3.63, 3.8) is 0 Å². The third-order valence-corrected chi connectivity index (χ3v) is 5.57. The van der Waals surface area contributed by atoms with Gasteiger partial charge in [0.25, 0.3) is 0 Å². The molecule has 0 bridgehead atoms. The standard InChI is InChI=1S/C22H25N7/c23-18-7-9-28(14-18)12-15-4-3-5-16(10-15)17-11-26-22-20(19-6-1-2-8-25-19)21(24)27-29(22)13-17/h1-6,8,10-11,13,18,21,27H,7,9,12,14,23-24H2/t18-,21?/m1/s1. The number of aliphatic imine (C=N–C) groups is 1. The van der Waals surface area contributed by atoms with Gasteiger partial charge in [-0.05, 0) is 35.7 Å². The lowest BCUT2D eigenvalue weighted by Crippen LogP contribution is -2.40. The van der Waals surface area contributed by atoms with Gasteiger partial charge in [-0.15, -0.1) is 0 Å². The molecule has 0 saturated carbocycles. The third-order valence-electron chi connectivity index (χ3n) is 5.57. The van der Waals surface area contributed by atoms with E-state index >= 15 is 0 Å². The fourth-order valence-corrected chi connectivity index (χ4v) is 4.14. The summed E-state index contributed by atoms with van der Waals surface area (Å²) in [5.74, 6) is 0.794. The zero-order valence-electron chi connectivity index (χ0n) is 16.2. The molecule has 3 aliphatic heterocycles. The lowest BCUT2D eigenvalue weighted by molar-refractivity contribution is 0.327. The van der Waals surface area contributed by atoms with Gasteiger partial charge < -0.3 is 11.5 Å². The second-order valence-electron chi connectivity index (χ2n) is 7.76. The molecular weight excluding hydrogens is 362 g/mol. The SMILES string of the molecule is NC1NN2C=C(c3cccc(CN4CC[C@@H](N)C4)c3)C=NC2=C1c1ccccn1. The fourth-order valence-electron chi connectivity index (χ4n) is 4.14. The maximum Gasteiger partial charge on any atom is 0.155 e. The van der Waals surface area contributed by atoms with E-state index in [2.05, 4.69) is 39.6 Å². The van der Waals surface area contributed by atoms with Crippen LogP contribution in [0.5, 0.6) is 0 Å². The molecule has 5 N–H and O–H groups in total. The summed E-state index contributed by atoms with van der Waals surface area (Å²) in [7, 11) is 0. The molecule has 2 atom stereocenters. The first-order valence-electron chi connectivity index (χ1n) is 9.97. The highest BCUT2D eigenvalue weighted by Gasteiger charge is 2.31. The molecule has 3 aliphatic rings. The maximum atomic E-state index is 6.31. The van der Waals surface area contributed by atoms with E-state index in [1.165, 1.54) is 5.56 Å². The van der Waals surface area contributed by atoms with Gasteiger partial charge in [0.05, 0.1) is 11.3 Å². The number of benzene rings is 1. The van der Waals surface area contributed by atoms with Crippen molar-refractivity contribution in [2.24, 2.45) is 16.5 Å². The lowest BCUT2D eigenvalue weighted by atomic mass is 10.0. The Balaban J connectivity index is 1.39. The van der Waals surface area contributed by atoms with E-state index in [4.69, 9.17) is 16.5 Å². The Hall–Kier alpha value is -2.84. The van der Waals surface area contributed by atoms with E-state index in [9.17, 15) is 0 Å². The molecule has 148 valence electrons. The van der Waals surface area contributed by atoms with Crippen LogP contribution in [-0.4, -0.2) is 46.4 Å². The average molecular weight is 387 g/mol. The van der Waals surface area contributed by atoms with Gasteiger partial charge in [0.15, 0.2) is 5.82 Å². The summed E-state index contributed by atoms with van der Waals surface area (Å²) < 4.78 is 0. The van der Waals surface area contributed by atoms with E-state index in [-0.39, 0.29) is 6.17 Å². The van der Waals surface area contributed by atoms with Crippen LogP contribution in [-0.2, 0) is 6.54 Å². The predicted molar refractivity (Wildman–Crippen MR) is 115 cm³/mol. The Labute approximate surface area is 170 Å². The summed E-state index contributed by atoms with van der Waals surface area (Å²) >= 11 is 0. The Morgan fingerprint density at radius 3 is 2.86 bits per heavy atom. The van der Waals surface area contributed by atoms with Gasteiger partial charge >= 0.3 is 0 Å². The van der Waals surface area contributed by atoms with Crippen molar-refractivity contribution in [2.45, 2.75) is 25.2 Å². The number of pyridine rings is 1. The molecule has 0 amide bonds. The minimum Gasteiger partial charge on any atom is -0.326 e. The van der Waals surface area contributed by atoms with Gasteiger partial charge in [0.2, 0.25) is 0 Å². The molecule has 1 unspecified atom stereocenters. The molecule has 1 fully saturated rings. The van der Waals surface area contributed by atoms with Crippen molar-refractivity contribution >= 4 is 17.4 Å². The minimum atomic E-state index is -0.349. The Morgan fingerprint density at radius 1 is 1.14 bits per heavy atom. The van der Waals surface area contributed by atoms with E-state index < -0.39 is 0 Å². The van der Waals surface area contributed by atoms with Crippen LogP contribution in [0.3, 0.4) is 0 Å². The first-order valence-corrected chi connectivity index (χ1v) is 9.97. The van der Waals surface area contributed by atoms with Crippen LogP contribution in [0, 0.1) is 0 Å². The number of hydrazine groups is 1. The Bertz CT molecular complexity index is 995. The molecule has 1 saturated heterocycles. The first kappa shape index (κ1) is 18.2. The van der Waals surface area contributed by atoms with Crippen LogP contribution in [0.25, 0.3) is 11.1 Å². The highest BCUT2D eigenvalue weighted by atomic mass is 15.6. The smallest absolute Gasteiger partial charge is 0.155 e.